The van der Waals surface area contributed by atoms with Crippen LogP contribution in [0.25, 0.3) is 27.9 Å². The molecule has 160 valence electrons. The fourth-order valence-electron chi connectivity index (χ4n) is 4.92. The first-order chi connectivity index (χ1) is 15.0. The molecule has 4 aromatic heterocycles. The van der Waals surface area contributed by atoms with Crippen molar-refractivity contribution in [2.75, 3.05) is 30.9 Å². The molecule has 31 heavy (non-hydrogen) atoms. The van der Waals surface area contributed by atoms with E-state index in [-0.39, 0.29) is 6.04 Å². The molecule has 1 saturated carbocycles. The molecule has 0 bridgehead atoms. The van der Waals surface area contributed by atoms with Crippen molar-refractivity contribution in [1.82, 2.24) is 29.1 Å². The highest BCUT2D eigenvalue weighted by Crippen LogP contribution is 2.45. The number of pyridine rings is 1. The van der Waals surface area contributed by atoms with E-state index in [4.69, 9.17) is 19.8 Å². The first kappa shape index (κ1) is 18.6. The van der Waals surface area contributed by atoms with Crippen LogP contribution in [0.15, 0.2) is 24.4 Å². The fourth-order valence-corrected chi connectivity index (χ4v) is 4.92. The van der Waals surface area contributed by atoms with Crippen molar-refractivity contribution in [3.63, 3.8) is 0 Å². The molecule has 9 heteroatoms. The van der Waals surface area contributed by atoms with Crippen LogP contribution < -0.4 is 10.6 Å². The predicted octanol–water partition coefficient (Wildman–Crippen LogP) is 3.13. The molecule has 1 aliphatic heterocycles. The van der Waals surface area contributed by atoms with E-state index in [0.717, 1.165) is 52.8 Å². The number of aromatic nitrogens is 6. The molecule has 2 fully saturated rings. The highest BCUT2D eigenvalue weighted by atomic mass is 16.5. The molecule has 3 atom stereocenters. The maximum absolute atomic E-state index is 5.49. The second kappa shape index (κ2) is 6.65. The molecule has 0 amide bonds. The summed E-state index contributed by atoms with van der Waals surface area (Å²) in [6, 6.07) is 6.80. The van der Waals surface area contributed by atoms with Crippen molar-refractivity contribution >= 4 is 28.4 Å². The molecule has 5 heterocycles. The molecule has 4 aromatic rings. The summed E-state index contributed by atoms with van der Waals surface area (Å²) in [6.45, 7) is 7.99. The van der Waals surface area contributed by atoms with Gasteiger partial charge in [0.1, 0.15) is 16.9 Å². The molecular weight excluding hydrogens is 392 g/mol. The summed E-state index contributed by atoms with van der Waals surface area (Å²) in [6.07, 6.45) is 1.96. The summed E-state index contributed by atoms with van der Waals surface area (Å²) in [5.41, 5.74) is 4.59. The lowest BCUT2D eigenvalue weighted by atomic mass is 10.2. The topological polar surface area (TPSA) is 94.2 Å². The highest BCUT2D eigenvalue weighted by molar-refractivity contribution is 5.89. The standard InChI is InChI=1S/C22H26N8O/c1-11(2)30-12(3)24-17-6-5-16(25-21(17)30)13-7-8-29-19(13)20(23-4)27-22(28-29)26-18-14-9-31-10-15(14)18/h5-8,11,14-15,18H,9-10H2,1-4H3,(H2,23,26,27,28)/t14-,15+,18?. The number of ether oxygens (including phenoxy) is 1. The Morgan fingerprint density at radius 3 is 2.65 bits per heavy atom. The third kappa shape index (κ3) is 2.79. The zero-order valence-electron chi connectivity index (χ0n) is 18.1. The van der Waals surface area contributed by atoms with Gasteiger partial charge in [0.15, 0.2) is 11.5 Å². The number of anilines is 2. The number of nitrogens with one attached hydrogen (secondary N) is 2. The first-order valence-corrected chi connectivity index (χ1v) is 10.8. The zero-order valence-corrected chi connectivity index (χ0v) is 18.1. The smallest absolute Gasteiger partial charge is 0.243 e. The Kier molecular flexibility index (Phi) is 3.98. The third-order valence-electron chi connectivity index (χ3n) is 6.50. The maximum atomic E-state index is 5.49. The molecule has 1 unspecified atom stereocenters. The lowest BCUT2D eigenvalue weighted by Gasteiger charge is -2.12. The lowest BCUT2D eigenvalue weighted by molar-refractivity contribution is 0.162. The van der Waals surface area contributed by atoms with Crippen LogP contribution in [0.3, 0.4) is 0 Å². The van der Waals surface area contributed by atoms with Gasteiger partial charge in [-0.05, 0) is 39.0 Å². The number of hydrogen-bond donors (Lipinski definition) is 2. The van der Waals surface area contributed by atoms with E-state index >= 15 is 0 Å². The average molecular weight is 419 g/mol. The van der Waals surface area contributed by atoms with Crippen LogP contribution in [0.4, 0.5) is 11.8 Å². The molecule has 0 spiro atoms. The Morgan fingerprint density at radius 2 is 1.90 bits per heavy atom. The quantitative estimate of drug-likeness (QED) is 0.514. The summed E-state index contributed by atoms with van der Waals surface area (Å²) in [5.74, 6) is 3.55. The van der Waals surface area contributed by atoms with Crippen LogP contribution in [0.5, 0.6) is 0 Å². The second-order valence-electron chi connectivity index (χ2n) is 8.75. The zero-order chi connectivity index (χ0) is 21.3. The van der Waals surface area contributed by atoms with Gasteiger partial charge < -0.3 is 19.9 Å². The Labute approximate surface area is 179 Å². The molecule has 2 N–H and O–H groups in total. The molecule has 2 aliphatic rings. The van der Waals surface area contributed by atoms with Gasteiger partial charge in [-0.3, -0.25) is 0 Å². The van der Waals surface area contributed by atoms with E-state index in [1.807, 2.05) is 42.9 Å². The van der Waals surface area contributed by atoms with Gasteiger partial charge in [-0.25, -0.2) is 14.5 Å². The van der Waals surface area contributed by atoms with Crippen LogP contribution in [0, 0.1) is 18.8 Å². The van der Waals surface area contributed by atoms with E-state index in [2.05, 4.69) is 34.0 Å². The van der Waals surface area contributed by atoms with Gasteiger partial charge in [0, 0.05) is 42.7 Å². The van der Waals surface area contributed by atoms with Crippen molar-refractivity contribution in [1.29, 1.82) is 0 Å². The minimum absolute atomic E-state index is 0.288. The molecule has 6 rings (SSSR count). The number of fused-ring (bicyclic) bond motifs is 3. The van der Waals surface area contributed by atoms with Crippen molar-refractivity contribution < 1.29 is 4.74 Å². The van der Waals surface area contributed by atoms with Gasteiger partial charge in [-0.15, -0.1) is 5.10 Å². The second-order valence-corrected chi connectivity index (χ2v) is 8.75. The van der Waals surface area contributed by atoms with Crippen molar-refractivity contribution in [2.24, 2.45) is 11.8 Å². The lowest BCUT2D eigenvalue weighted by Crippen LogP contribution is -2.16. The minimum atomic E-state index is 0.288. The highest BCUT2D eigenvalue weighted by Gasteiger charge is 2.54. The van der Waals surface area contributed by atoms with E-state index in [1.165, 1.54) is 0 Å². The molecule has 0 radical (unpaired) electrons. The van der Waals surface area contributed by atoms with E-state index in [0.29, 0.717) is 23.8 Å². The maximum Gasteiger partial charge on any atom is 0.243 e. The van der Waals surface area contributed by atoms with E-state index < -0.39 is 0 Å². The summed E-state index contributed by atoms with van der Waals surface area (Å²) in [5, 5.41) is 11.4. The molecular formula is C22H26N8O. The molecule has 1 saturated heterocycles. The van der Waals surface area contributed by atoms with E-state index in [9.17, 15) is 0 Å². The van der Waals surface area contributed by atoms with Crippen molar-refractivity contribution in [3.8, 4) is 11.3 Å². The predicted molar refractivity (Wildman–Crippen MR) is 119 cm³/mol. The number of rotatable bonds is 5. The SMILES string of the molecule is CNc1nc(NC2[C@H]3COC[C@@H]23)nn2ccc(-c3ccc4nc(C)n(C(C)C)c4n3)c12. The van der Waals surface area contributed by atoms with Crippen LogP contribution in [0.1, 0.15) is 25.7 Å². The van der Waals surface area contributed by atoms with Crippen LogP contribution in [-0.2, 0) is 4.74 Å². The number of imidazole rings is 1. The average Bonchev–Trinajstić information content (AvgIpc) is 3.18. The molecule has 1 aliphatic carbocycles. The number of hydrogen-bond acceptors (Lipinski definition) is 7. The Hall–Kier alpha value is -3.20. The third-order valence-corrected chi connectivity index (χ3v) is 6.50. The number of aryl methyl sites for hydroxylation is 1. The normalized spacial score (nSPS) is 22.4. The Balaban J connectivity index is 1.42. The van der Waals surface area contributed by atoms with E-state index in [1.54, 1.807) is 0 Å². The summed E-state index contributed by atoms with van der Waals surface area (Å²) in [7, 11) is 1.89. The van der Waals surface area contributed by atoms with Crippen LogP contribution in [0.2, 0.25) is 0 Å². The van der Waals surface area contributed by atoms with Gasteiger partial charge >= 0.3 is 0 Å². The Morgan fingerprint density at radius 1 is 1.10 bits per heavy atom. The first-order valence-electron chi connectivity index (χ1n) is 10.8. The largest absolute Gasteiger partial charge is 0.381 e. The minimum Gasteiger partial charge on any atom is -0.381 e. The summed E-state index contributed by atoms with van der Waals surface area (Å²) < 4.78 is 9.53. The Bertz CT molecular complexity index is 1300. The van der Waals surface area contributed by atoms with Gasteiger partial charge in [-0.2, -0.15) is 4.98 Å². The van der Waals surface area contributed by atoms with Crippen molar-refractivity contribution in [2.45, 2.75) is 32.9 Å². The van der Waals surface area contributed by atoms with Crippen molar-refractivity contribution in [3.05, 3.63) is 30.2 Å². The summed E-state index contributed by atoms with van der Waals surface area (Å²) in [4.78, 5) is 14.4. The summed E-state index contributed by atoms with van der Waals surface area (Å²) >= 11 is 0. The van der Waals surface area contributed by atoms with Gasteiger partial charge in [-0.1, -0.05) is 0 Å². The fraction of sp³-hybridized carbons (Fsp3) is 0.455. The van der Waals surface area contributed by atoms with Gasteiger partial charge in [0.25, 0.3) is 0 Å². The van der Waals surface area contributed by atoms with Crippen LogP contribution >= 0.6 is 0 Å². The molecule has 0 aromatic carbocycles. The number of nitrogens with zero attached hydrogens (tertiary/aromatic N) is 6. The monoisotopic (exact) mass is 418 g/mol. The van der Waals surface area contributed by atoms with Gasteiger partial charge in [0.05, 0.1) is 18.9 Å². The molecule has 9 nitrogen and oxygen atoms in total. The van der Waals surface area contributed by atoms with Crippen LogP contribution in [-0.4, -0.2) is 55.4 Å². The van der Waals surface area contributed by atoms with Gasteiger partial charge in [0.2, 0.25) is 5.95 Å².